The number of nitrogens with zero attached hydrogens (tertiary/aromatic N) is 2. The van der Waals surface area contributed by atoms with Gasteiger partial charge in [0, 0.05) is 24.0 Å². The lowest BCUT2D eigenvalue weighted by Gasteiger charge is -2.17. The summed E-state index contributed by atoms with van der Waals surface area (Å²) in [7, 11) is 0. The van der Waals surface area contributed by atoms with Crippen LogP contribution in [0.1, 0.15) is 55.7 Å². The maximum Gasteiger partial charge on any atom is 0.268 e. The summed E-state index contributed by atoms with van der Waals surface area (Å²) < 4.78 is 2.14. The van der Waals surface area contributed by atoms with E-state index in [9.17, 15) is 4.79 Å². The fourth-order valence-corrected chi connectivity index (χ4v) is 3.54. The van der Waals surface area contributed by atoms with Gasteiger partial charge in [0.05, 0.1) is 0 Å². The quantitative estimate of drug-likeness (QED) is 0.699. The normalized spacial score (nSPS) is 11.4. The first-order chi connectivity index (χ1) is 12.1. The van der Waals surface area contributed by atoms with Gasteiger partial charge >= 0.3 is 0 Å². The van der Waals surface area contributed by atoms with Crippen LogP contribution < -0.4 is 5.32 Å². The highest BCUT2D eigenvalue weighted by Gasteiger charge is 2.19. The zero-order valence-electron chi connectivity index (χ0n) is 16.5. The van der Waals surface area contributed by atoms with Gasteiger partial charge < -0.3 is 14.8 Å². The van der Waals surface area contributed by atoms with E-state index in [4.69, 9.17) is 0 Å². The number of amides is 1. The van der Waals surface area contributed by atoms with Crippen LogP contribution in [0.3, 0.4) is 0 Å². The molecule has 1 N–H and O–H groups in total. The Morgan fingerprint density at radius 3 is 2.48 bits per heavy atom. The van der Waals surface area contributed by atoms with E-state index in [1.54, 1.807) is 0 Å². The van der Waals surface area contributed by atoms with E-state index in [1.165, 1.54) is 10.9 Å². The number of aryl methyl sites for hydroxylation is 3. The van der Waals surface area contributed by atoms with Crippen molar-refractivity contribution in [2.45, 2.75) is 54.0 Å². The predicted molar refractivity (Wildman–Crippen MR) is 106 cm³/mol. The van der Waals surface area contributed by atoms with Crippen molar-refractivity contribution in [2.24, 2.45) is 0 Å². The van der Waals surface area contributed by atoms with Gasteiger partial charge in [0.15, 0.2) is 0 Å². The zero-order chi connectivity index (χ0) is 18.4. The average molecular weight is 344 g/mol. The Hall–Kier alpha value is -1.81. The Morgan fingerprint density at radius 1 is 1.16 bits per heavy atom. The van der Waals surface area contributed by atoms with Gasteiger partial charge in [0.25, 0.3) is 5.91 Å². The minimum Gasteiger partial charge on any atom is -0.351 e. The van der Waals surface area contributed by atoms with Crippen LogP contribution in [-0.4, -0.2) is 41.6 Å². The zero-order valence-corrected chi connectivity index (χ0v) is 16.5. The molecule has 1 heterocycles. The van der Waals surface area contributed by atoms with Crippen molar-refractivity contribution in [1.82, 2.24) is 14.8 Å². The highest BCUT2D eigenvalue weighted by Crippen LogP contribution is 2.27. The molecule has 2 aromatic rings. The third-order valence-electron chi connectivity index (χ3n) is 5.15. The SMILES string of the molecule is CCc1ccc2c(c1)c(C)c(C(=O)NCCCN(CC)CC)n2CC. The first kappa shape index (κ1) is 19.5. The van der Waals surface area contributed by atoms with Gasteiger partial charge in [-0.25, -0.2) is 0 Å². The number of fused-ring (bicyclic) bond motifs is 1. The molecule has 0 unspecified atom stereocenters. The molecule has 0 radical (unpaired) electrons. The van der Waals surface area contributed by atoms with Crippen molar-refractivity contribution in [3.8, 4) is 0 Å². The van der Waals surface area contributed by atoms with Crippen molar-refractivity contribution in [3.05, 3.63) is 35.0 Å². The van der Waals surface area contributed by atoms with Gasteiger partial charge in [-0.3, -0.25) is 4.79 Å². The van der Waals surface area contributed by atoms with E-state index in [2.05, 4.69) is 67.6 Å². The molecule has 0 spiro atoms. The fraction of sp³-hybridized carbons (Fsp3) is 0.571. The molecule has 0 saturated carbocycles. The van der Waals surface area contributed by atoms with Gasteiger partial charge in [0.1, 0.15) is 5.69 Å². The summed E-state index contributed by atoms with van der Waals surface area (Å²) in [6, 6.07) is 6.55. The monoisotopic (exact) mass is 343 g/mol. The summed E-state index contributed by atoms with van der Waals surface area (Å²) in [6.45, 7) is 15.4. The first-order valence-electron chi connectivity index (χ1n) is 9.69. The van der Waals surface area contributed by atoms with Gasteiger partial charge in [-0.15, -0.1) is 0 Å². The smallest absolute Gasteiger partial charge is 0.268 e. The van der Waals surface area contributed by atoms with E-state index in [-0.39, 0.29) is 5.91 Å². The largest absolute Gasteiger partial charge is 0.351 e. The molecule has 4 nitrogen and oxygen atoms in total. The van der Waals surface area contributed by atoms with Crippen LogP contribution >= 0.6 is 0 Å². The van der Waals surface area contributed by atoms with Crippen molar-refractivity contribution in [2.75, 3.05) is 26.2 Å². The molecule has 0 saturated heterocycles. The second kappa shape index (κ2) is 9.04. The summed E-state index contributed by atoms with van der Waals surface area (Å²) in [5.74, 6) is 0.0492. The van der Waals surface area contributed by atoms with E-state index >= 15 is 0 Å². The van der Waals surface area contributed by atoms with Crippen LogP contribution in [0, 0.1) is 6.92 Å². The van der Waals surface area contributed by atoms with Gasteiger partial charge in [-0.05, 0) is 69.6 Å². The summed E-state index contributed by atoms with van der Waals surface area (Å²) in [4.78, 5) is 15.2. The topological polar surface area (TPSA) is 37.3 Å². The summed E-state index contributed by atoms with van der Waals surface area (Å²) in [5.41, 5.74) is 4.38. The van der Waals surface area contributed by atoms with Gasteiger partial charge in [0.2, 0.25) is 0 Å². The summed E-state index contributed by atoms with van der Waals surface area (Å²) >= 11 is 0. The number of rotatable bonds is 9. The fourth-order valence-electron chi connectivity index (χ4n) is 3.54. The molecular formula is C21H33N3O. The maximum absolute atomic E-state index is 12.8. The molecule has 0 aliphatic heterocycles. The first-order valence-corrected chi connectivity index (χ1v) is 9.69. The van der Waals surface area contributed by atoms with Crippen LogP contribution in [0.5, 0.6) is 0 Å². The number of benzene rings is 1. The van der Waals surface area contributed by atoms with E-state index in [0.29, 0.717) is 0 Å². The van der Waals surface area contributed by atoms with Crippen LogP contribution in [0.4, 0.5) is 0 Å². The third kappa shape index (κ3) is 4.24. The molecule has 0 fully saturated rings. The standard InChI is InChI=1S/C21H33N3O/c1-6-17-11-12-19-18(15-17)16(5)20(24(19)9-4)21(25)22-13-10-14-23(7-2)8-3/h11-12,15H,6-10,13-14H2,1-5H3,(H,22,25). The van der Waals surface area contributed by atoms with E-state index in [1.807, 2.05) is 0 Å². The highest BCUT2D eigenvalue weighted by molar-refractivity contribution is 6.01. The Kier molecular flexibility index (Phi) is 7.06. The molecule has 25 heavy (non-hydrogen) atoms. The molecule has 138 valence electrons. The van der Waals surface area contributed by atoms with Gasteiger partial charge in [-0.1, -0.05) is 26.8 Å². The molecule has 1 amide bonds. The Bertz CT molecular complexity index is 713. The number of carbonyl (C=O) groups excluding carboxylic acids is 1. The number of hydrogen-bond acceptors (Lipinski definition) is 2. The molecule has 0 atom stereocenters. The Morgan fingerprint density at radius 2 is 1.88 bits per heavy atom. The van der Waals surface area contributed by atoms with Crippen LogP contribution in [0.2, 0.25) is 0 Å². The highest BCUT2D eigenvalue weighted by atomic mass is 16.1. The minimum absolute atomic E-state index is 0.0492. The molecule has 0 bridgehead atoms. The lowest BCUT2D eigenvalue weighted by Crippen LogP contribution is -2.31. The number of nitrogens with one attached hydrogen (secondary N) is 1. The molecule has 0 aliphatic rings. The second-order valence-electron chi connectivity index (χ2n) is 6.56. The van der Waals surface area contributed by atoms with Crippen molar-refractivity contribution < 1.29 is 4.79 Å². The minimum atomic E-state index is 0.0492. The predicted octanol–water partition coefficient (Wildman–Crippen LogP) is 3.99. The van der Waals surface area contributed by atoms with Crippen molar-refractivity contribution in [3.63, 3.8) is 0 Å². The number of aromatic nitrogens is 1. The van der Waals surface area contributed by atoms with E-state index in [0.717, 1.165) is 62.3 Å². The van der Waals surface area contributed by atoms with Crippen molar-refractivity contribution in [1.29, 1.82) is 0 Å². The van der Waals surface area contributed by atoms with Crippen molar-refractivity contribution >= 4 is 16.8 Å². The molecule has 2 rings (SSSR count). The Balaban J connectivity index is 2.16. The molecule has 0 aliphatic carbocycles. The van der Waals surface area contributed by atoms with Crippen LogP contribution in [0.25, 0.3) is 10.9 Å². The van der Waals surface area contributed by atoms with Crippen LogP contribution in [0.15, 0.2) is 18.2 Å². The Labute approximate surface area is 152 Å². The number of hydrogen-bond donors (Lipinski definition) is 1. The summed E-state index contributed by atoms with van der Waals surface area (Å²) in [5, 5.41) is 4.32. The lowest BCUT2D eigenvalue weighted by molar-refractivity contribution is 0.0942. The van der Waals surface area contributed by atoms with Gasteiger partial charge in [-0.2, -0.15) is 0 Å². The number of carbonyl (C=O) groups is 1. The lowest BCUT2D eigenvalue weighted by atomic mass is 10.1. The summed E-state index contributed by atoms with van der Waals surface area (Å²) in [6.07, 6.45) is 2.00. The molecule has 1 aromatic carbocycles. The van der Waals surface area contributed by atoms with Crippen LogP contribution in [-0.2, 0) is 13.0 Å². The third-order valence-corrected chi connectivity index (χ3v) is 5.15. The average Bonchev–Trinajstić information content (AvgIpc) is 2.93. The molecular weight excluding hydrogens is 310 g/mol. The van der Waals surface area contributed by atoms with E-state index < -0.39 is 0 Å². The molecule has 4 heteroatoms. The second-order valence-corrected chi connectivity index (χ2v) is 6.56. The maximum atomic E-state index is 12.8. The molecule has 1 aromatic heterocycles.